The van der Waals surface area contributed by atoms with Crippen LogP contribution in [-0.2, 0) is 9.53 Å². The lowest BCUT2D eigenvalue weighted by Gasteiger charge is -2.22. The summed E-state index contributed by atoms with van der Waals surface area (Å²) in [6.07, 6.45) is 1.73. The van der Waals surface area contributed by atoms with E-state index in [9.17, 15) is 9.59 Å². The Labute approximate surface area is 82.6 Å². The molecule has 2 aliphatic rings. The quantitative estimate of drug-likeness (QED) is 0.598. The van der Waals surface area contributed by atoms with Gasteiger partial charge in [0.2, 0.25) is 5.91 Å². The predicted octanol–water partition coefficient (Wildman–Crippen LogP) is 0.0594. The third kappa shape index (κ3) is 1.42. The first-order valence-corrected chi connectivity index (χ1v) is 4.88. The molecule has 0 N–H and O–H groups in total. The molecule has 0 radical (unpaired) electrons. The van der Waals surface area contributed by atoms with E-state index < -0.39 is 12.1 Å². The predicted molar refractivity (Wildman–Crippen MR) is 48.7 cm³/mol. The lowest BCUT2D eigenvalue weighted by Crippen LogP contribution is -2.45. The first-order valence-electron chi connectivity index (χ1n) is 4.88. The first-order chi connectivity index (χ1) is 6.70. The van der Waals surface area contributed by atoms with E-state index in [1.165, 1.54) is 4.90 Å². The number of cyclic esters (lactones) is 1. The van der Waals surface area contributed by atoms with Crippen molar-refractivity contribution >= 4 is 12.0 Å². The fourth-order valence-corrected chi connectivity index (χ4v) is 1.88. The monoisotopic (exact) mass is 198 g/mol. The van der Waals surface area contributed by atoms with Crippen molar-refractivity contribution < 1.29 is 14.3 Å². The summed E-state index contributed by atoms with van der Waals surface area (Å²) in [7, 11) is 1.61. The number of amides is 2. The molecule has 0 aromatic rings. The lowest BCUT2D eigenvalue weighted by molar-refractivity contribution is -0.133. The number of likely N-dealkylation sites (tertiary alicyclic amines) is 1. The van der Waals surface area contributed by atoms with Crippen LogP contribution < -0.4 is 0 Å². The zero-order valence-corrected chi connectivity index (χ0v) is 8.23. The molecule has 1 unspecified atom stereocenters. The largest absolute Gasteiger partial charge is 0.447 e. The van der Waals surface area contributed by atoms with Gasteiger partial charge in [0.05, 0.1) is 0 Å². The van der Waals surface area contributed by atoms with Gasteiger partial charge in [-0.25, -0.2) is 4.79 Å². The zero-order valence-electron chi connectivity index (χ0n) is 8.23. The van der Waals surface area contributed by atoms with Crippen LogP contribution in [0.1, 0.15) is 12.8 Å². The van der Waals surface area contributed by atoms with Gasteiger partial charge in [0.25, 0.3) is 0 Å². The molecule has 2 rings (SSSR count). The van der Waals surface area contributed by atoms with E-state index in [0.29, 0.717) is 0 Å². The van der Waals surface area contributed by atoms with E-state index in [-0.39, 0.29) is 12.5 Å². The summed E-state index contributed by atoms with van der Waals surface area (Å²) in [6.45, 7) is 1.83. The standard InChI is InChI=1S/C9H14N2O3/c1-10-7(6-14-9(10)13)8(12)11-4-2-3-5-11/h7H,2-6H2,1H3. The van der Waals surface area contributed by atoms with E-state index in [2.05, 4.69) is 0 Å². The fraction of sp³-hybridized carbons (Fsp3) is 0.778. The van der Waals surface area contributed by atoms with Crippen molar-refractivity contribution in [1.82, 2.24) is 9.80 Å². The Bertz CT molecular complexity index is 261. The highest BCUT2D eigenvalue weighted by molar-refractivity contribution is 5.87. The molecule has 2 aliphatic heterocycles. The molecule has 2 amide bonds. The highest BCUT2D eigenvalue weighted by Gasteiger charge is 2.38. The van der Waals surface area contributed by atoms with Gasteiger partial charge < -0.3 is 9.64 Å². The fourth-order valence-electron chi connectivity index (χ4n) is 1.88. The third-order valence-electron chi connectivity index (χ3n) is 2.82. The SMILES string of the molecule is CN1C(=O)OCC1C(=O)N1CCCC1. The minimum absolute atomic E-state index is 0.0239. The third-order valence-corrected chi connectivity index (χ3v) is 2.82. The molecule has 2 fully saturated rings. The van der Waals surface area contributed by atoms with Gasteiger partial charge in [-0.2, -0.15) is 0 Å². The van der Waals surface area contributed by atoms with Crippen LogP contribution in [0.4, 0.5) is 4.79 Å². The Morgan fingerprint density at radius 1 is 1.43 bits per heavy atom. The first kappa shape index (κ1) is 9.30. The van der Waals surface area contributed by atoms with Crippen LogP contribution in [0.25, 0.3) is 0 Å². The van der Waals surface area contributed by atoms with Gasteiger partial charge in [-0.1, -0.05) is 0 Å². The van der Waals surface area contributed by atoms with Gasteiger partial charge in [0.1, 0.15) is 12.6 Å². The number of hydrogen-bond donors (Lipinski definition) is 0. The maximum Gasteiger partial charge on any atom is 0.410 e. The van der Waals surface area contributed by atoms with Crippen LogP contribution >= 0.6 is 0 Å². The molecule has 78 valence electrons. The van der Waals surface area contributed by atoms with Gasteiger partial charge >= 0.3 is 6.09 Å². The van der Waals surface area contributed by atoms with Crippen LogP contribution in [-0.4, -0.2) is 54.6 Å². The Hall–Kier alpha value is -1.26. The minimum Gasteiger partial charge on any atom is -0.447 e. The zero-order chi connectivity index (χ0) is 10.1. The van der Waals surface area contributed by atoms with Gasteiger partial charge in [0, 0.05) is 20.1 Å². The number of carbonyl (C=O) groups is 2. The Morgan fingerprint density at radius 3 is 2.57 bits per heavy atom. The normalized spacial score (nSPS) is 26.9. The van der Waals surface area contributed by atoms with E-state index >= 15 is 0 Å². The number of rotatable bonds is 1. The average Bonchev–Trinajstić information content (AvgIpc) is 2.77. The maximum absolute atomic E-state index is 11.9. The number of likely N-dealkylation sites (N-methyl/N-ethyl adjacent to an activating group) is 1. The molecular weight excluding hydrogens is 184 g/mol. The van der Waals surface area contributed by atoms with Gasteiger partial charge in [0.15, 0.2) is 0 Å². The van der Waals surface area contributed by atoms with Crippen LogP contribution in [0, 0.1) is 0 Å². The topological polar surface area (TPSA) is 49.9 Å². The molecule has 5 nitrogen and oxygen atoms in total. The van der Waals surface area contributed by atoms with Crippen LogP contribution in [0.15, 0.2) is 0 Å². The Kier molecular flexibility index (Phi) is 2.31. The number of carbonyl (C=O) groups excluding carboxylic acids is 2. The minimum atomic E-state index is -0.402. The Balaban J connectivity index is 2.00. The van der Waals surface area contributed by atoms with Gasteiger partial charge in [-0.15, -0.1) is 0 Å². The van der Waals surface area contributed by atoms with E-state index in [4.69, 9.17) is 4.74 Å². The number of hydrogen-bond acceptors (Lipinski definition) is 3. The molecule has 1 atom stereocenters. The summed E-state index contributed by atoms with van der Waals surface area (Å²) in [5.41, 5.74) is 0. The summed E-state index contributed by atoms with van der Waals surface area (Å²) < 4.78 is 4.80. The van der Waals surface area contributed by atoms with Crippen molar-refractivity contribution in [3.63, 3.8) is 0 Å². The second-order valence-electron chi connectivity index (χ2n) is 3.74. The van der Waals surface area contributed by atoms with Gasteiger partial charge in [-0.3, -0.25) is 9.69 Å². The molecule has 0 saturated carbocycles. The summed E-state index contributed by atoms with van der Waals surface area (Å²) in [5.74, 6) is 0.0239. The van der Waals surface area contributed by atoms with Crippen LogP contribution in [0.3, 0.4) is 0 Å². The smallest absolute Gasteiger partial charge is 0.410 e. The molecule has 2 heterocycles. The highest BCUT2D eigenvalue weighted by atomic mass is 16.6. The summed E-state index contributed by atoms with van der Waals surface area (Å²) in [4.78, 5) is 26.1. The van der Waals surface area contributed by atoms with Crippen molar-refractivity contribution in [2.75, 3.05) is 26.7 Å². The maximum atomic E-state index is 11.9. The second-order valence-corrected chi connectivity index (χ2v) is 3.74. The van der Waals surface area contributed by atoms with Crippen molar-refractivity contribution in [1.29, 1.82) is 0 Å². The lowest BCUT2D eigenvalue weighted by atomic mass is 10.2. The van der Waals surface area contributed by atoms with E-state index in [0.717, 1.165) is 25.9 Å². The highest BCUT2D eigenvalue weighted by Crippen LogP contribution is 2.16. The molecule has 5 heteroatoms. The molecule has 0 aromatic heterocycles. The molecule has 0 aromatic carbocycles. The molecule has 0 bridgehead atoms. The molecule has 0 aliphatic carbocycles. The molecular formula is C9H14N2O3. The van der Waals surface area contributed by atoms with Crippen LogP contribution in [0.2, 0.25) is 0 Å². The Morgan fingerprint density at radius 2 is 2.07 bits per heavy atom. The number of ether oxygens (including phenoxy) is 1. The van der Waals surface area contributed by atoms with Gasteiger partial charge in [-0.05, 0) is 12.8 Å². The van der Waals surface area contributed by atoms with Crippen molar-refractivity contribution in [2.45, 2.75) is 18.9 Å². The van der Waals surface area contributed by atoms with Crippen molar-refractivity contribution in [2.24, 2.45) is 0 Å². The van der Waals surface area contributed by atoms with E-state index in [1.54, 1.807) is 7.05 Å². The van der Waals surface area contributed by atoms with Crippen molar-refractivity contribution in [3.05, 3.63) is 0 Å². The molecule has 14 heavy (non-hydrogen) atoms. The second kappa shape index (κ2) is 3.48. The van der Waals surface area contributed by atoms with E-state index in [1.807, 2.05) is 4.90 Å². The van der Waals surface area contributed by atoms with Crippen molar-refractivity contribution in [3.8, 4) is 0 Å². The van der Waals surface area contributed by atoms with Crippen LogP contribution in [0.5, 0.6) is 0 Å². The summed E-state index contributed by atoms with van der Waals surface area (Å²) in [5, 5.41) is 0. The summed E-state index contributed by atoms with van der Waals surface area (Å²) >= 11 is 0. The molecule has 0 spiro atoms. The average molecular weight is 198 g/mol. The molecule has 2 saturated heterocycles. The summed E-state index contributed by atoms with van der Waals surface area (Å²) in [6, 6.07) is -0.402. The number of nitrogens with zero attached hydrogens (tertiary/aromatic N) is 2.